The van der Waals surface area contributed by atoms with Crippen molar-refractivity contribution in [2.24, 2.45) is 0 Å². The molecule has 1 aromatic rings. The van der Waals surface area contributed by atoms with Gasteiger partial charge >= 0.3 is 0 Å². The Morgan fingerprint density at radius 2 is 1.75 bits per heavy atom. The zero-order valence-corrected chi connectivity index (χ0v) is 10.8. The minimum atomic E-state index is -1.18. The van der Waals surface area contributed by atoms with E-state index >= 15 is 0 Å². The molecule has 3 heteroatoms. The summed E-state index contributed by atoms with van der Waals surface area (Å²) in [4.78, 5) is 3.58. The van der Waals surface area contributed by atoms with E-state index in [1.165, 1.54) is 9.26 Å². The third-order valence-corrected chi connectivity index (χ3v) is 3.34. The van der Waals surface area contributed by atoms with Gasteiger partial charge in [0.05, 0.1) is 0 Å². The third kappa shape index (κ3) is 3.14. The second-order valence-electron chi connectivity index (χ2n) is 3.85. The lowest BCUT2D eigenvalue weighted by molar-refractivity contribution is 1.54. The minimum absolute atomic E-state index is 1.18. The van der Waals surface area contributed by atoms with E-state index in [-0.39, 0.29) is 0 Å². The van der Waals surface area contributed by atoms with Gasteiger partial charge in [-0.25, -0.2) is 0 Å². The fourth-order valence-electron chi connectivity index (χ4n) is 0.967. The quantitative estimate of drug-likeness (QED) is 0.649. The molecule has 0 aromatic heterocycles. The van der Waals surface area contributed by atoms with Gasteiger partial charge in [0.15, 0.2) is 0 Å². The van der Waals surface area contributed by atoms with Crippen LogP contribution in [-0.4, -0.2) is 8.24 Å². The van der Waals surface area contributed by atoms with Crippen molar-refractivity contribution in [2.75, 3.05) is 4.98 Å². The second-order valence-corrected chi connectivity index (χ2v) is 9.77. The molecule has 0 fully saturated rings. The minimum Gasteiger partial charge on any atom is -0.410 e. The van der Waals surface area contributed by atoms with E-state index in [0.29, 0.717) is 0 Å². The lowest BCUT2D eigenvalue weighted by Crippen LogP contribution is -2.32. The molecule has 0 aliphatic carbocycles. The average molecular weight is 291 g/mol. The van der Waals surface area contributed by atoms with Crippen LogP contribution in [0.3, 0.4) is 0 Å². The van der Waals surface area contributed by atoms with E-state index in [2.05, 4.69) is 71.5 Å². The van der Waals surface area contributed by atoms with E-state index < -0.39 is 8.24 Å². The molecular weight excluding hydrogens is 277 g/mol. The van der Waals surface area contributed by atoms with E-state index in [1.807, 2.05) is 0 Å². The van der Waals surface area contributed by atoms with Crippen molar-refractivity contribution >= 4 is 36.5 Å². The van der Waals surface area contributed by atoms with Crippen LogP contribution in [0.15, 0.2) is 24.3 Å². The Labute approximate surface area is 88.8 Å². The van der Waals surface area contributed by atoms with Crippen molar-refractivity contribution in [3.05, 3.63) is 27.8 Å². The maximum Gasteiger partial charge on any atom is 0.144 e. The highest BCUT2D eigenvalue weighted by Gasteiger charge is 2.13. The zero-order chi connectivity index (χ0) is 9.19. The van der Waals surface area contributed by atoms with Crippen LogP contribution >= 0.6 is 22.6 Å². The summed E-state index contributed by atoms with van der Waals surface area (Å²) in [5, 5.41) is 0. The first-order valence-electron chi connectivity index (χ1n) is 4.02. The maximum absolute atomic E-state index is 3.58. The van der Waals surface area contributed by atoms with Gasteiger partial charge in [-0.2, -0.15) is 0 Å². The monoisotopic (exact) mass is 291 g/mol. The van der Waals surface area contributed by atoms with Gasteiger partial charge in [-0.05, 0) is 34.7 Å². The fraction of sp³-hybridized carbons (Fsp3) is 0.333. The molecule has 0 saturated heterocycles. The predicted molar refractivity (Wildman–Crippen MR) is 66.1 cm³/mol. The first kappa shape index (κ1) is 10.1. The van der Waals surface area contributed by atoms with Crippen LogP contribution in [0.5, 0.6) is 0 Å². The normalized spacial score (nSPS) is 11.3. The van der Waals surface area contributed by atoms with Crippen molar-refractivity contribution in [3.63, 3.8) is 0 Å². The number of benzene rings is 1. The molecule has 0 bridgehead atoms. The molecule has 1 aromatic carbocycles. The summed E-state index contributed by atoms with van der Waals surface area (Å²) in [6.45, 7) is 6.90. The molecule has 1 nitrogen and oxygen atoms in total. The van der Waals surface area contributed by atoms with E-state index in [0.717, 1.165) is 0 Å². The van der Waals surface area contributed by atoms with Gasteiger partial charge in [0, 0.05) is 9.26 Å². The topological polar surface area (TPSA) is 12.0 Å². The third-order valence-electron chi connectivity index (χ3n) is 1.38. The maximum atomic E-state index is 3.58. The van der Waals surface area contributed by atoms with Crippen molar-refractivity contribution < 1.29 is 0 Å². The standard InChI is InChI=1S/C9H14INSi/c1-12(2,3)11-9-7-5-4-6-8(9)10/h4-7,11H,1-3H3. The number of anilines is 1. The Balaban J connectivity index is 2.83. The largest absolute Gasteiger partial charge is 0.410 e. The second kappa shape index (κ2) is 3.78. The van der Waals surface area contributed by atoms with E-state index in [4.69, 9.17) is 0 Å². The van der Waals surface area contributed by atoms with Gasteiger partial charge in [0.2, 0.25) is 0 Å². The number of hydrogen-bond donors (Lipinski definition) is 1. The summed E-state index contributed by atoms with van der Waals surface area (Å²) in [6, 6.07) is 8.41. The Hall–Kier alpha value is -0.0331. The number of para-hydroxylation sites is 1. The number of nitrogens with one attached hydrogen (secondary N) is 1. The SMILES string of the molecule is C[Si](C)(C)Nc1ccccc1I. The lowest BCUT2D eigenvalue weighted by atomic mass is 10.3. The van der Waals surface area contributed by atoms with Gasteiger partial charge < -0.3 is 4.98 Å². The first-order chi connectivity index (χ1) is 5.49. The molecule has 0 heterocycles. The summed E-state index contributed by atoms with van der Waals surface area (Å²) in [7, 11) is -1.18. The molecule has 0 aliphatic heterocycles. The molecule has 66 valence electrons. The average Bonchev–Trinajstić information content (AvgIpc) is 1.91. The van der Waals surface area contributed by atoms with Crippen LogP contribution in [0, 0.1) is 3.57 Å². The summed E-state index contributed by atoms with van der Waals surface area (Å²) in [5.74, 6) is 0. The summed E-state index contributed by atoms with van der Waals surface area (Å²) >= 11 is 2.36. The Kier molecular flexibility index (Phi) is 3.17. The summed E-state index contributed by atoms with van der Waals surface area (Å²) in [5.41, 5.74) is 1.28. The van der Waals surface area contributed by atoms with Crippen LogP contribution in [0.1, 0.15) is 0 Å². The molecule has 1 N–H and O–H groups in total. The van der Waals surface area contributed by atoms with Gasteiger partial charge in [0.1, 0.15) is 8.24 Å². The summed E-state index contributed by atoms with van der Waals surface area (Å²) in [6.07, 6.45) is 0. The van der Waals surface area contributed by atoms with Crippen LogP contribution in [0.2, 0.25) is 19.6 Å². The Morgan fingerprint density at radius 3 is 2.25 bits per heavy atom. The van der Waals surface area contributed by atoms with Crippen LogP contribution in [0.4, 0.5) is 5.69 Å². The molecule has 1 rings (SSSR count). The van der Waals surface area contributed by atoms with Gasteiger partial charge in [-0.15, -0.1) is 0 Å². The predicted octanol–water partition coefficient (Wildman–Crippen LogP) is 3.54. The van der Waals surface area contributed by atoms with Gasteiger partial charge in [0.25, 0.3) is 0 Å². The van der Waals surface area contributed by atoms with Crippen LogP contribution in [0.25, 0.3) is 0 Å². The molecule has 0 aliphatic rings. The number of hydrogen-bond acceptors (Lipinski definition) is 1. The highest BCUT2D eigenvalue weighted by molar-refractivity contribution is 14.1. The smallest absolute Gasteiger partial charge is 0.144 e. The summed E-state index contributed by atoms with van der Waals surface area (Å²) < 4.78 is 1.30. The van der Waals surface area contributed by atoms with Crippen molar-refractivity contribution in [1.82, 2.24) is 0 Å². The fourth-order valence-corrected chi connectivity index (χ4v) is 2.77. The van der Waals surface area contributed by atoms with Gasteiger partial charge in [-0.1, -0.05) is 31.8 Å². The molecule has 0 saturated carbocycles. The van der Waals surface area contributed by atoms with Gasteiger partial charge in [-0.3, -0.25) is 0 Å². The zero-order valence-electron chi connectivity index (χ0n) is 7.69. The highest BCUT2D eigenvalue weighted by atomic mass is 127. The molecule has 0 amide bonds. The molecular formula is C9H14INSi. The highest BCUT2D eigenvalue weighted by Crippen LogP contribution is 2.19. The van der Waals surface area contributed by atoms with E-state index in [9.17, 15) is 0 Å². The van der Waals surface area contributed by atoms with Crippen molar-refractivity contribution in [2.45, 2.75) is 19.6 Å². The Bertz CT molecular complexity index is 267. The molecule has 12 heavy (non-hydrogen) atoms. The molecule has 0 spiro atoms. The Morgan fingerprint density at radius 1 is 1.17 bits per heavy atom. The number of rotatable bonds is 2. The molecule has 0 unspecified atom stereocenters. The van der Waals surface area contributed by atoms with Crippen molar-refractivity contribution in [3.8, 4) is 0 Å². The van der Waals surface area contributed by atoms with Crippen LogP contribution < -0.4 is 4.98 Å². The van der Waals surface area contributed by atoms with Crippen LogP contribution in [-0.2, 0) is 0 Å². The first-order valence-corrected chi connectivity index (χ1v) is 8.60. The molecule has 0 atom stereocenters. The van der Waals surface area contributed by atoms with E-state index in [1.54, 1.807) is 0 Å². The molecule has 0 radical (unpaired) electrons. The number of halogens is 1. The van der Waals surface area contributed by atoms with Crippen molar-refractivity contribution in [1.29, 1.82) is 0 Å². The lowest BCUT2D eigenvalue weighted by Gasteiger charge is -2.20.